The van der Waals surface area contributed by atoms with E-state index in [9.17, 15) is 14.4 Å². The van der Waals surface area contributed by atoms with Gasteiger partial charge in [0.25, 0.3) is 11.8 Å². The van der Waals surface area contributed by atoms with E-state index < -0.39 is 17.6 Å². The van der Waals surface area contributed by atoms with E-state index in [0.717, 1.165) is 51.4 Å². The first-order chi connectivity index (χ1) is 18.0. The molecule has 5 aromatic rings. The summed E-state index contributed by atoms with van der Waals surface area (Å²) < 4.78 is 12.9. The Labute approximate surface area is 212 Å². The average molecular weight is 515 g/mol. The number of aromatic amines is 1. The van der Waals surface area contributed by atoms with Crippen molar-refractivity contribution in [1.82, 2.24) is 39.5 Å². The molecule has 0 radical (unpaired) electrons. The number of H-pyrrole nitrogens is 1. The number of nitrogens with zero attached hydrogens (tertiary/aromatic N) is 5. The Morgan fingerprint density at radius 1 is 1.03 bits per heavy atom. The lowest BCUT2D eigenvalue weighted by Gasteiger charge is -2.14. The van der Waals surface area contributed by atoms with Crippen LogP contribution in [0.5, 0.6) is 0 Å². The third kappa shape index (κ3) is 4.59. The Kier molecular flexibility index (Phi) is 5.73. The van der Waals surface area contributed by atoms with E-state index in [1.54, 1.807) is 0 Å². The average Bonchev–Trinajstić information content (AvgIpc) is 3.67. The number of carbonyl (C=O) groups excluding carboxylic acids is 2. The first-order valence-electron chi connectivity index (χ1n) is 11.3. The summed E-state index contributed by atoms with van der Waals surface area (Å²) >= 11 is 1.14. The largest absolute Gasteiger partial charge is 0.439 e. The maximum Gasteiger partial charge on any atom is 0.439 e. The zero-order chi connectivity index (χ0) is 25.4. The lowest BCUT2D eigenvalue weighted by Crippen LogP contribution is -2.29. The van der Waals surface area contributed by atoms with Crippen molar-refractivity contribution < 1.29 is 14.1 Å². The highest BCUT2D eigenvalue weighted by molar-refractivity contribution is 7.00. The second-order valence-corrected chi connectivity index (χ2v) is 9.01. The molecule has 6 rings (SSSR count). The summed E-state index contributed by atoms with van der Waals surface area (Å²) in [6.07, 6.45) is 2.65. The maximum atomic E-state index is 12.9. The number of hydrogen-bond acceptors (Lipinski definition) is 10. The number of carbonyl (C=O) groups is 2. The van der Waals surface area contributed by atoms with Crippen molar-refractivity contribution in [3.8, 4) is 11.4 Å². The van der Waals surface area contributed by atoms with Crippen LogP contribution in [0.1, 0.15) is 50.1 Å². The molecule has 12 nitrogen and oxygen atoms in total. The number of rotatable bonds is 6. The minimum absolute atomic E-state index is 0.0922. The maximum absolute atomic E-state index is 12.9. The Morgan fingerprint density at radius 3 is 2.70 bits per heavy atom. The van der Waals surface area contributed by atoms with Crippen LogP contribution < -0.4 is 16.4 Å². The Hall–Kier alpha value is -4.78. The molecule has 0 saturated carbocycles. The molecule has 2 amide bonds. The monoisotopic (exact) mass is 514 g/mol. The van der Waals surface area contributed by atoms with E-state index >= 15 is 0 Å². The van der Waals surface area contributed by atoms with Gasteiger partial charge in [-0.05, 0) is 47.7 Å². The van der Waals surface area contributed by atoms with Crippen LogP contribution in [0.4, 0.5) is 0 Å². The zero-order valence-corrected chi connectivity index (χ0v) is 19.9. The molecular formula is C24H18N8O4S. The molecule has 0 fully saturated rings. The van der Waals surface area contributed by atoms with Gasteiger partial charge in [0.05, 0.1) is 17.8 Å². The second kappa shape index (κ2) is 9.35. The van der Waals surface area contributed by atoms with Crippen molar-refractivity contribution in [1.29, 1.82) is 0 Å². The summed E-state index contributed by atoms with van der Waals surface area (Å²) in [6.45, 7) is 0.279. The summed E-state index contributed by atoms with van der Waals surface area (Å²) in [5.74, 6) is -1.08. The molecule has 184 valence electrons. The molecule has 0 bridgehead atoms. The standard InChI is InChI=1S/C24H18N8O4S/c33-22(25-10-12-1-5-17-18(7-12)32-37-31-17)19-9-20(27-11-26-19)23(34)28-16-6-3-13-8-14(2-4-15(13)16)21-29-24(35)36-30-21/h1-2,4-5,7-9,11,16H,3,6,10H2,(H,25,33)(H,28,34)(H,29,30,35)/t16-/m0/s1. The van der Waals surface area contributed by atoms with E-state index in [-0.39, 0.29) is 24.0 Å². The van der Waals surface area contributed by atoms with Gasteiger partial charge in [0.15, 0.2) is 5.82 Å². The topological polar surface area (TPSA) is 169 Å². The van der Waals surface area contributed by atoms with Crippen LogP contribution in [-0.2, 0) is 13.0 Å². The van der Waals surface area contributed by atoms with Gasteiger partial charge in [-0.1, -0.05) is 23.4 Å². The summed E-state index contributed by atoms with van der Waals surface area (Å²) in [5, 5.41) is 9.51. The van der Waals surface area contributed by atoms with Gasteiger partial charge in [-0.25, -0.2) is 14.8 Å². The number of aryl methyl sites for hydroxylation is 1. The van der Waals surface area contributed by atoms with E-state index in [4.69, 9.17) is 0 Å². The first-order valence-corrected chi connectivity index (χ1v) is 12.1. The molecule has 3 heterocycles. The highest BCUT2D eigenvalue weighted by Gasteiger charge is 2.26. The van der Waals surface area contributed by atoms with Gasteiger partial charge in [-0.3, -0.25) is 19.1 Å². The number of benzene rings is 2. The van der Waals surface area contributed by atoms with E-state index in [1.807, 2.05) is 36.4 Å². The van der Waals surface area contributed by atoms with Crippen LogP contribution in [0, 0.1) is 0 Å². The number of hydrogen-bond donors (Lipinski definition) is 3. The van der Waals surface area contributed by atoms with Crippen molar-refractivity contribution >= 4 is 34.6 Å². The lowest BCUT2D eigenvalue weighted by atomic mass is 10.0. The summed E-state index contributed by atoms with van der Waals surface area (Å²) in [6, 6.07) is 12.4. The molecule has 1 atom stereocenters. The van der Waals surface area contributed by atoms with Crippen molar-refractivity contribution in [2.45, 2.75) is 25.4 Å². The van der Waals surface area contributed by atoms with Gasteiger partial charge in [0.2, 0.25) is 0 Å². The van der Waals surface area contributed by atoms with E-state index in [1.165, 1.54) is 12.4 Å². The Morgan fingerprint density at radius 2 is 1.86 bits per heavy atom. The molecule has 2 aromatic carbocycles. The van der Waals surface area contributed by atoms with Gasteiger partial charge in [-0.2, -0.15) is 8.75 Å². The molecule has 1 aliphatic carbocycles. The number of fused-ring (bicyclic) bond motifs is 2. The predicted octanol–water partition coefficient (Wildman–Crippen LogP) is 2.17. The molecule has 0 unspecified atom stereocenters. The van der Waals surface area contributed by atoms with Crippen LogP contribution in [0.3, 0.4) is 0 Å². The fraction of sp³-hybridized carbons (Fsp3) is 0.167. The van der Waals surface area contributed by atoms with Crippen LogP contribution >= 0.6 is 11.7 Å². The van der Waals surface area contributed by atoms with Crippen molar-refractivity contribution in [2.24, 2.45) is 0 Å². The molecule has 3 aromatic heterocycles. The third-order valence-electron chi connectivity index (χ3n) is 6.14. The zero-order valence-electron chi connectivity index (χ0n) is 19.1. The van der Waals surface area contributed by atoms with E-state index in [2.05, 4.69) is 44.0 Å². The fourth-order valence-corrected chi connectivity index (χ4v) is 4.83. The first kappa shape index (κ1) is 22.7. The molecule has 0 saturated heterocycles. The van der Waals surface area contributed by atoms with E-state index in [0.29, 0.717) is 12.2 Å². The van der Waals surface area contributed by atoms with Crippen molar-refractivity contribution in [3.05, 3.63) is 87.4 Å². The van der Waals surface area contributed by atoms with Crippen molar-refractivity contribution in [3.63, 3.8) is 0 Å². The molecular weight excluding hydrogens is 496 g/mol. The molecule has 13 heteroatoms. The van der Waals surface area contributed by atoms with Crippen LogP contribution in [0.2, 0.25) is 0 Å². The van der Waals surface area contributed by atoms with Gasteiger partial charge in [0, 0.05) is 18.2 Å². The van der Waals surface area contributed by atoms with Crippen LogP contribution in [0.15, 0.2) is 58.1 Å². The summed E-state index contributed by atoms with van der Waals surface area (Å²) in [7, 11) is 0. The molecule has 37 heavy (non-hydrogen) atoms. The SMILES string of the molecule is O=C(NCc1ccc2nsnc2c1)c1cc(C(=O)N[C@H]2CCc3cc(-c4noc(=O)[nH]4)ccc32)ncn1. The van der Waals surface area contributed by atoms with Crippen molar-refractivity contribution in [2.75, 3.05) is 0 Å². The molecule has 0 spiro atoms. The van der Waals surface area contributed by atoms with Gasteiger partial charge >= 0.3 is 5.76 Å². The minimum atomic E-state index is -0.617. The smallest absolute Gasteiger partial charge is 0.347 e. The predicted molar refractivity (Wildman–Crippen MR) is 132 cm³/mol. The fourth-order valence-electron chi connectivity index (χ4n) is 4.32. The number of amides is 2. The summed E-state index contributed by atoms with van der Waals surface area (Å²) in [4.78, 5) is 47.5. The van der Waals surface area contributed by atoms with Crippen LogP contribution in [-0.4, -0.2) is 40.7 Å². The molecule has 1 aliphatic rings. The number of nitrogens with one attached hydrogen (secondary N) is 3. The molecule has 3 N–H and O–H groups in total. The highest BCUT2D eigenvalue weighted by atomic mass is 32.1. The van der Waals surface area contributed by atoms with Crippen LogP contribution in [0.25, 0.3) is 22.4 Å². The minimum Gasteiger partial charge on any atom is -0.347 e. The summed E-state index contributed by atoms with van der Waals surface area (Å²) in [5.41, 5.74) is 5.39. The third-order valence-corrected chi connectivity index (χ3v) is 6.70. The highest BCUT2D eigenvalue weighted by Crippen LogP contribution is 2.33. The van der Waals surface area contributed by atoms with Gasteiger partial charge in [0.1, 0.15) is 28.7 Å². The Balaban J connectivity index is 1.12. The molecule has 0 aliphatic heterocycles. The van der Waals surface area contributed by atoms with Gasteiger partial charge in [-0.15, -0.1) is 0 Å². The normalized spacial score (nSPS) is 14.4. The quantitative estimate of drug-likeness (QED) is 0.307. The van der Waals surface area contributed by atoms with Gasteiger partial charge < -0.3 is 10.6 Å². The number of aromatic nitrogens is 6. The Bertz CT molecular complexity index is 1710. The lowest BCUT2D eigenvalue weighted by molar-refractivity contribution is 0.0931. The second-order valence-electron chi connectivity index (χ2n) is 8.48.